The summed E-state index contributed by atoms with van der Waals surface area (Å²) in [5.74, 6) is -0.959. The third-order valence-corrected chi connectivity index (χ3v) is 3.87. The van der Waals surface area contributed by atoms with Gasteiger partial charge in [0.1, 0.15) is 0 Å². The average Bonchev–Trinajstić information content (AvgIpc) is 2.46. The van der Waals surface area contributed by atoms with Gasteiger partial charge in [-0.25, -0.2) is 0 Å². The van der Waals surface area contributed by atoms with Crippen LogP contribution in [-0.2, 0) is 24.1 Å². The Morgan fingerprint density at radius 3 is 1.59 bits per heavy atom. The van der Waals surface area contributed by atoms with Crippen LogP contribution >= 0.6 is 0 Å². The molecule has 0 spiro atoms. The molecule has 0 fully saturated rings. The van der Waals surface area contributed by atoms with Crippen molar-refractivity contribution in [1.82, 2.24) is 0 Å². The number of hydrogen-bond acceptors (Lipinski definition) is 2. The van der Waals surface area contributed by atoms with E-state index in [1.54, 1.807) is 0 Å². The molecule has 0 unspecified atom stereocenters. The molecule has 0 atom stereocenters. The maximum atomic E-state index is 10.7. The van der Waals surface area contributed by atoms with Crippen molar-refractivity contribution in [1.29, 1.82) is 0 Å². The summed E-state index contributed by atoms with van der Waals surface area (Å²) in [4.78, 5) is 10.7. The van der Waals surface area contributed by atoms with Crippen molar-refractivity contribution in [2.45, 2.75) is 78.1 Å². The number of aliphatic carboxylic acids is 1. The van der Waals surface area contributed by atoms with Crippen LogP contribution in [0.3, 0.4) is 0 Å². The van der Waals surface area contributed by atoms with Crippen LogP contribution in [0.4, 0.5) is 0 Å². The molecule has 22 heavy (non-hydrogen) atoms. The van der Waals surface area contributed by atoms with E-state index in [4.69, 9.17) is 0 Å². The normalized spacial score (nSPS) is 10.3. The van der Waals surface area contributed by atoms with Crippen molar-refractivity contribution in [3.05, 3.63) is 34.9 Å². The molecule has 0 amide bonds. The third kappa shape index (κ3) is 9.66. The molecule has 0 bridgehead atoms. The molecule has 0 saturated carbocycles. The van der Waals surface area contributed by atoms with Gasteiger partial charge in [0.05, 0.1) is 0 Å². The first-order valence-electron chi connectivity index (χ1n) is 8.47. The maximum Gasteiger partial charge on any atom is 1.00 e. The van der Waals surface area contributed by atoms with Gasteiger partial charge in [0.2, 0.25) is 0 Å². The second-order valence-corrected chi connectivity index (χ2v) is 5.94. The van der Waals surface area contributed by atoms with Gasteiger partial charge in [-0.1, -0.05) is 57.7 Å². The molecular formula is C19H29NaO2. The molecule has 3 heteroatoms. The third-order valence-electron chi connectivity index (χ3n) is 3.87. The topological polar surface area (TPSA) is 40.1 Å². The summed E-state index contributed by atoms with van der Waals surface area (Å²) in [6, 6.07) is 6.68. The first-order valence-corrected chi connectivity index (χ1v) is 8.47. The van der Waals surface area contributed by atoms with Crippen LogP contribution in [0, 0.1) is 0 Å². The first-order chi connectivity index (χ1) is 10.2. The molecule has 0 heterocycles. The van der Waals surface area contributed by atoms with E-state index in [1.807, 2.05) is 0 Å². The van der Waals surface area contributed by atoms with Gasteiger partial charge in [0, 0.05) is 5.97 Å². The van der Waals surface area contributed by atoms with Crippen molar-refractivity contribution in [3.8, 4) is 0 Å². The van der Waals surface area contributed by atoms with Crippen molar-refractivity contribution in [2.75, 3.05) is 0 Å². The zero-order valence-corrected chi connectivity index (χ0v) is 16.6. The van der Waals surface area contributed by atoms with Crippen molar-refractivity contribution < 1.29 is 39.5 Å². The van der Waals surface area contributed by atoms with Crippen LogP contribution in [-0.4, -0.2) is 5.97 Å². The smallest absolute Gasteiger partial charge is 0.550 e. The number of rotatable bonds is 11. The van der Waals surface area contributed by atoms with Gasteiger partial charge < -0.3 is 9.90 Å². The second-order valence-electron chi connectivity index (χ2n) is 5.94. The Bertz CT molecular complexity index is 401. The van der Waals surface area contributed by atoms with Gasteiger partial charge in [-0.05, 0) is 55.2 Å². The molecule has 1 aromatic rings. The summed E-state index contributed by atoms with van der Waals surface area (Å²) in [7, 11) is 0. The van der Waals surface area contributed by atoms with Crippen molar-refractivity contribution in [2.24, 2.45) is 0 Å². The van der Waals surface area contributed by atoms with Crippen molar-refractivity contribution >= 4 is 5.97 Å². The monoisotopic (exact) mass is 312 g/mol. The molecular weight excluding hydrogens is 283 g/mol. The van der Waals surface area contributed by atoms with Gasteiger partial charge in [0.25, 0.3) is 0 Å². The van der Waals surface area contributed by atoms with E-state index in [1.165, 1.54) is 49.7 Å². The van der Waals surface area contributed by atoms with Gasteiger partial charge >= 0.3 is 29.6 Å². The predicted molar refractivity (Wildman–Crippen MR) is 86.2 cm³/mol. The molecule has 0 N–H and O–H groups in total. The number of carbonyl (C=O) groups excluding carboxylic acids is 1. The van der Waals surface area contributed by atoms with E-state index in [9.17, 15) is 9.90 Å². The number of unbranched alkanes of at least 4 members (excludes halogenated alkanes) is 4. The summed E-state index contributed by atoms with van der Waals surface area (Å²) in [5, 5.41) is 10.7. The molecule has 0 aromatic heterocycles. The molecule has 1 rings (SSSR count). The minimum absolute atomic E-state index is 0. The molecule has 118 valence electrons. The van der Waals surface area contributed by atoms with E-state index in [0.717, 1.165) is 18.4 Å². The molecule has 2 nitrogen and oxygen atoms in total. The SMILES string of the molecule is CCCCCc1cc(CCCCC)cc(CCC(=O)[O-])c1.[Na+]. The maximum absolute atomic E-state index is 10.7. The molecule has 0 saturated heterocycles. The van der Waals surface area contributed by atoms with Crippen LogP contribution in [0.2, 0.25) is 0 Å². The van der Waals surface area contributed by atoms with Crippen LogP contribution in [0.1, 0.15) is 75.5 Å². The average molecular weight is 312 g/mol. The molecule has 1 aromatic carbocycles. The van der Waals surface area contributed by atoms with E-state index >= 15 is 0 Å². The fraction of sp³-hybridized carbons (Fsp3) is 0.632. The summed E-state index contributed by atoms with van der Waals surface area (Å²) in [6.45, 7) is 4.43. The standard InChI is InChI=1S/C19H30O2.Na/c1-3-5-7-9-16-13-17(10-8-6-4-2)15-18(14-16)11-12-19(20)21;/h13-15H,3-12H2,1-2H3,(H,20,21);/q;+1/p-1. The largest absolute Gasteiger partial charge is 1.00 e. The minimum atomic E-state index is -0.959. The van der Waals surface area contributed by atoms with E-state index < -0.39 is 5.97 Å². The summed E-state index contributed by atoms with van der Waals surface area (Å²) in [6.07, 6.45) is 10.3. The van der Waals surface area contributed by atoms with Crippen LogP contribution in [0.5, 0.6) is 0 Å². The Morgan fingerprint density at radius 2 is 1.23 bits per heavy atom. The van der Waals surface area contributed by atoms with E-state index in [0.29, 0.717) is 6.42 Å². The van der Waals surface area contributed by atoms with Gasteiger partial charge in [-0.3, -0.25) is 0 Å². The number of carboxylic acid groups (broad SMARTS) is 1. The quantitative estimate of drug-likeness (QED) is 0.449. The van der Waals surface area contributed by atoms with Crippen molar-refractivity contribution in [3.63, 3.8) is 0 Å². The predicted octanol–water partition coefficient (Wildman–Crippen LogP) is 0.838. The zero-order chi connectivity index (χ0) is 15.5. The number of hydrogen-bond donors (Lipinski definition) is 0. The number of benzene rings is 1. The first kappa shape index (κ1) is 21.7. The number of carbonyl (C=O) groups is 1. The summed E-state index contributed by atoms with van der Waals surface area (Å²) >= 11 is 0. The molecule has 0 aliphatic carbocycles. The Morgan fingerprint density at radius 1 is 0.818 bits per heavy atom. The van der Waals surface area contributed by atoms with Gasteiger partial charge in [0.15, 0.2) is 0 Å². The Labute approximate surface area is 158 Å². The molecule has 0 aliphatic heterocycles. The van der Waals surface area contributed by atoms with E-state index in [2.05, 4.69) is 32.0 Å². The van der Waals surface area contributed by atoms with Crippen LogP contribution in [0.15, 0.2) is 18.2 Å². The van der Waals surface area contributed by atoms with E-state index in [-0.39, 0.29) is 36.0 Å². The van der Waals surface area contributed by atoms with Gasteiger partial charge in [-0.2, -0.15) is 0 Å². The van der Waals surface area contributed by atoms with Gasteiger partial charge in [-0.15, -0.1) is 0 Å². The van der Waals surface area contributed by atoms with Crippen LogP contribution in [0.25, 0.3) is 0 Å². The minimum Gasteiger partial charge on any atom is -0.550 e. The summed E-state index contributed by atoms with van der Waals surface area (Å²) in [5.41, 5.74) is 3.89. The Kier molecular flexibility index (Phi) is 13.0. The number of carboxylic acids is 1. The fourth-order valence-corrected chi connectivity index (χ4v) is 2.68. The second kappa shape index (κ2) is 13.2. The Hall–Kier alpha value is -0.310. The zero-order valence-electron chi connectivity index (χ0n) is 14.6. The van der Waals surface area contributed by atoms with Crippen LogP contribution < -0.4 is 34.7 Å². The Balaban J connectivity index is 0.00000441. The molecule has 0 aliphatic rings. The fourth-order valence-electron chi connectivity index (χ4n) is 2.68. The summed E-state index contributed by atoms with van der Waals surface area (Å²) < 4.78 is 0. The molecule has 0 radical (unpaired) electrons. The number of aryl methyl sites for hydroxylation is 3.